The second-order valence-corrected chi connectivity index (χ2v) is 20.5. The molecule has 330 valence electrons. The van der Waals surface area contributed by atoms with Gasteiger partial charge in [0, 0.05) is 37.7 Å². The van der Waals surface area contributed by atoms with E-state index >= 15 is 0 Å². The molecule has 0 aromatic heterocycles. The molecule has 5 fully saturated rings. The van der Waals surface area contributed by atoms with E-state index in [2.05, 4.69) is 79.7 Å². The lowest BCUT2D eigenvalue weighted by Crippen LogP contribution is -2.57. The number of carbonyl (C=O) groups is 1. The Morgan fingerprint density at radius 2 is 1.67 bits per heavy atom. The molecule has 5 saturated heterocycles. The van der Waals surface area contributed by atoms with Gasteiger partial charge in [-0.2, -0.15) is 0 Å². The van der Waals surface area contributed by atoms with Crippen LogP contribution in [0.1, 0.15) is 139 Å². The van der Waals surface area contributed by atoms with Gasteiger partial charge in [-0.25, -0.2) is 0 Å². The molecule has 17 atom stereocenters. The summed E-state index contributed by atoms with van der Waals surface area (Å²) in [7, 11) is 1.58. The van der Waals surface area contributed by atoms with Crippen LogP contribution in [0.3, 0.4) is 0 Å². The molecule has 3 N–H and O–H groups in total. The Bertz CT molecular complexity index is 1550. The van der Waals surface area contributed by atoms with Crippen LogP contribution in [0.25, 0.3) is 0 Å². The number of benzene rings is 1. The van der Waals surface area contributed by atoms with E-state index in [1.54, 1.807) is 14.0 Å². The van der Waals surface area contributed by atoms with Crippen molar-refractivity contribution >= 4 is 5.97 Å². The maximum Gasteiger partial charge on any atom is 0.308 e. The number of aliphatic carboxylic acids is 1. The van der Waals surface area contributed by atoms with Gasteiger partial charge in [-0.3, -0.25) is 4.79 Å². The molecule has 58 heavy (non-hydrogen) atoms. The number of aliphatic hydroxyl groups is 2. The van der Waals surface area contributed by atoms with E-state index in [-0.39, 0.29) is 71.6 Å². The van der Waals surface area contributed by atoms with Gasteiger partial charge in [-0.05, 0) is 80.8 Å². The van der Waals surface area contributed by atoms with Gasteiger partial charge in [0.05, 0.1) is 73.1 Å². The van der Waals surface area contributed by atoms with Crippen molar-refractivity contribution in [2.45, 2.75) is 205 Å². The predicted octanol–water partition coefficient (Wildman–Crippen LogP) is 7.79. The van der Waals surface area contributed by atoms with Gasteiger partial charge in [0.25, 0.3) is 0 Å². The molecule has 1 aromatic carbocycles. The fourth-order valence-electron chi connectivity index (χ4n) is 11.4. The minimum atomic E-state index is -1.57. The van der Waals surface area contributed by atoms with Crippen molar-refractivity contribution in [1.82, 2.24) is 0 Å². The first-order chi connectivity index (χ1) is 27.1. The number of ether oxygens (including phenoxy) is 7. The van der Waals surface area contributed by atoms with Crippen molar-refractivity contribution in [3.05, 3.63) is 35.4 Å². The van der Waals surface area contributed by atoms with Gasteiger partial charge in [0.2, 0.25) is 0 Å². The molecule has 11 heteroatoms. The van der Waals surface area contributed by atoms with Crippen molar-refractivity contribution in [2.75, 3.05) is 13.7 Å². The summed E-state index contributed by atoms with van der Waals surface area (Å²) < 4.78 is 47.5. The number of hydrogen-bond donors (Lipinski definition) is 3. The van der Waals surface area contributed by atoms with Crippen LogP contribution in [0.4, 0.5) is 0 Å². The van der Waals surface area contributed by atoms with Crippen LogP contribution in [0.15, 0.2) is 24.3 Å². The molecule has 11 nitrogen and oxygen atoms in total. The van der Waals surface area contributed by atoms with Crippen molar-refractivity contribution in [3.63, 3.8) is 0 Å². The van der Waals surface area contributed by atoms with Crippen LogP contribution in [-0.2, 0) is 50.0 Å². The summed E-state index contributed by atoms with van der Waals surface area (Å²) in [6.45, 7) is 23.1. The second kappa shape index (κ2) is 17.2. The molecule has 0 unspecified atom stereocenters. The molecule has 0 saturated carbocycles. The first-order valence-electron chi connectivity index (χ1n) is 22.3. The summed E-state index contributed by atoms with van der Waals surface area (Å²) in [6.07, 6.45) is 3.89. The summed E-state index contributed by atoms with van der Waals surface area (Å²) >= 11 is 0. The monoisotopic (exact) mass is 817 g/mol. The zero-order valence-electron chi connectivity index (χ0n) is 37.5. The summed E-state index contributed by atoms with van der Waals surface area (Å²) in [5, 5.41) is 31.1. The van der Waals surface area contributed by atoms with Gasteiger partial charge in [-0.1, -0.05) is 86.6 Å². The third-order valence-corrected chi connectivity index (χ3v) is 15.3. The van der Waals surface area contributed by atoms with Crippen molar-refractivity contribution < 1.29 is 53.3 Å². The second-order valence-electron chi connectivity index (χ2n) is 20.5. The molecule has 5 heterocycles. The number of carboxylic acids is 1. The number of carboxylic acid groups (broad SMARTS) is 1. The quantitative estimate of drug-likeness (QED) is 0.180. The Morgan fingerprint density at radius 3 is 2.28 bits per heavy atom. The number of methoxy groups -OCH3 is 1. The number of hydrogen-bond acceptors (Lipinski definition) is 10. The third-order valence-electron chi connectivity index (χ3n) is 15.3. The highest BCUT2D eigenvalue weighted by Gasteiger charge is 2.62. The van der Waals surface area contributed by atoms with E-state index in [4.69, 9.17) is 33.2 Å². The number of rotatable bonds is 13. The lowest BCUT2D eigenvalue weighted by molar-refractivity contribution is -0.340. The van der Waals surface area contributed by atoms with Gasteiger partial charge in [0.15, 0.2) is 11.6 Å². The number of aliphatic hydroxyl groups excluding tert-OH is 1. The highest BCUT2D eigenvalue weighted by molar-refractivity contribution is 5.70. The van der Waals surface area contributed by atoms with Crippen LogP contribution >= 0.6 is 0 Å². The molecule has 1 aromatic rings. The molecule has 0 amide bonds. The molecular weight excluding hydrogens is 741 g/mol. The highest BCUT2D eigenvalue weighted by atomic mass is 16.7. The highest BCUT2D eigenvalue weighted by Crippen LogP contribution is 2.55. The minimum Gasteiger partial charge on any atom is -0.481 e. The normalized spacial score (nSPS) is 43.8. The lowest BCUT2D eigenvalue weighted by Gasteiger charge is -2.50. The van der Waals surface area contributed by atoms with Gasteiger partial charge in [0.1, 0.15) is 0 Å². The Labute approximate surface area is 348 Å². The summed E-state index contributed by atoms with van der Waals surface area (Å²) in [5.41, 5.74) is 1.28. The minimum absolute atomic E-state index is 0.0551. The van der Waals surface area contributed by atoms with Gasteiger partial charge < -0.3 is 48.5 Å². The first kappa shape index (κ1) is 45.8. The standard InChI is InChI=1S/C47H76O11/c1-13-45(41-28(3)23-35(54-41)38-27(2)22-29(4)47(51,26-48)57-38)19-18-37(55-45)44(11)20-21-46(58-44)24-36(53-25-33-14-16-34(17-15-33)43(8,9)10)30(5)40(56-46)31(6)39(52-12)32(7)42(49)50/h14-17,27-32,35-41,48,51H,13,18-26H2,1-12H3,(H,49,50)/t27-,28-,29+,30+,31-,32-,35+,36-,37+,38-,39+,40-,41+,44-,45-,46+,47-/m0/s1. The first-order valence-corrected chi connectivity index (χ1v) is 22.3. The van der Waals surface area contributed by atoms with E-state index in [1.807, 2.05) is 13.8 Å². The summed E-state index contributed by atoms with van der Waals surface area (Å²) in [4.78, 5) is 12.2. The average molecular weight is 817 g/mol. The molecular formula is C47H76O11. The summed E-state index contributed by atoms with van der Waals surface area (Å²) in [5.74, 6) is -4.24. The third kappa shape index (κ3) is 8.82. The van der Waals surface area contributed by atoms with Gasteiger partial charge >= 0.3 is 5.97 Å². The topological polar surface area (TPSA) is 142 Å². The Kier molecular flexibility index (Phi) is 13.6. The Balaban J connectivity index is 1.20. The van der Waals surface area contributed by atoms with Crippen LogP contribution < -0.4 is 0 Å². The molecule has 0 aliphatic carbocycles. The van der Waals surface area contributed by atoms with Crippen molar-refractivity contribution in [2.24, 2.45) is 35.5 Å². The zero-order chi connectivity index (χ0) is 42.6. The molecule has 0 bridgehead atoms. The van der Waals surface area contributed by atoms with E-state index in [9.17, 15) is 20.1 Å². The van der Waals surface area contributed by atoms with Crippen LogP contribution in [0.5, 0.6) is 0 Å². The molecule has 1 spiro atoms. The molecule has 6 rings (SSSR count). The van der Waals surface area contributed by atoms with E-state index in [0.717, 1.165) is 44.1 Å². The lowest BCUT2D eigenvalue weighted by atomic mass is 9.78. The average Bonchev–Trinajstić information content (AvgIpc) is 3.89. The molecule has 0 radical (unpaired) electrons. The smallest absolute Gasteiger partial charge is 0.308 e. The van der Waals surface area contributed by atoms with Crippen molar-refractivity contribution in [3.8, 4) is 0 Å². The fourth-order valence-corrected chi connectivity index (χ4v) is 11.4. The molecule has 5 aliphatic rings. The largest absolute Gasteiger partial charge is 0.481 e. The van der Waals surface area contributed by atoms with E-state index in [1.165, 1.54) is 5.56 Å². The van der Waals surface area contributed by atoms with Crippen LogP contribution in [0.2, 0.25) is 0 Å². The Hall–Kier alpha value is -1.67. The maximum absolute atomic E-state index is 12.2. The van der Waals surface area contributed by atoms with Crippen molar-refractivity contribution in [1.29, 1.82) is 0 Å². The SMILES string of the molecule is CC[C@@]1([C@@H]2O[C@@H]([C@H]3O[C@@](O)(CO)[C@H](C)C[C@@H]3C)C[C@@H]2C)CC[C@H]([C@]2(C)CC[C@]3(C[C@H](OCc4ccc(C(C)(C)C)cc4)[C@@H](C)[C@@H]([C@@H](C)[C@@H](OC)[C@H](C)C(=O)O)O3)O2)O1. The molecule has 5 aliphatic heterocycles. The zero-order valence-corrected chi connectivity index (χ0v) is 37.5. The fraction of sp³-hybridized carbons (Fsp3) is 0.851. The van der Waals surface area contributed by atoms with E-state index < -0.39 is 47.4 Å². The van der Waals surface area contributed by atoms with Crippen LogP contribution in [0, 0.1) is 35.5 Å². The van der Waals surface area contributed by atoms with Crippen LogP contribution in [-0.4, -0.2) is 101 Å². The predicted molar refractivity (Wildman–Crippen MR) is 220 cm³/mol. The maximum atomic E-state index is 12.2. The summed E-state index contributed by atoms with van der Waals surface area (Å²) in [6, 6.07) is 8.65. The van der Waals surface area contributed by atoms with Gasteiger partial charge in [-0.15, -0.1) is 0 Å². The Morgan fingerprint density at radius 1 is 0.983 bits per heavy atom. The van der Waals surface area contributed by atoms with E-state index in [0.29, 0.717) is 19.4 Å².